The number of fused-ring (bicyclic) bond motifs is 1. The maximum absolute atomic E-state index is 11.8. The molecule has 0 saturated heterocycles. The fourth-order valence-electron chi connectivity index (χ4n) is 1.84. The molecule has 0 bridgehead atoms. The van der Waals surface area contributed by atoms with Crippen LogP contribution in [-0.4, -0.2) is 12.9 Å². The molecule has 0 aliphatic rings. The molecule has 90 valence electrons. The lowest BCUT2D eigenvalue weighted by Crippen LogP contribution is -1.98. The molecule has 18 heavy (non-hydrogen) atoms. The predicted molar refractivity (Wildman–Crippen MR) is 69.7 cm³/mol. The van der Waals surface area contributed by atoms with Gasteiger partial charge in [-0.3, -0.25) is 4.79 Å². The summed E-state index contributed by atoms with van der Waals surface area (Å²) in [5, 5.41) is 10.5. The second-order valence-electron chi connectivity index (χ2n) is 4.01. The first-order valence-corrected chi connectivity index (χ1v) is 5.72. The van der Waals surface area contributed by atoms with Gasteiger partial charge in [-0.1, -0.05) is 18.2 Å². The average molecular weight is 239 g/mol. The van der Waals surface area contributed by atoms with Crippen molar-refractivity contribution in [2.24, 2.45) is 0 Å². The van der Waals surface area contributed by atoms with Crippen LogP contribution in [0.5, 0.6) is 5.75 Å². The van der Waals surface area contributed by atoms with Gasteiger partial charge in [0, 0.05) is 18.4 Å². The van der Waals surface area contributed by atoms with E-state index in [1.54, 1.807) is 13.2 Å². The standard InChI is InChI=1S/C15H13NO2/c1-18-14-7-6-11-9-13(5-4-12(11)10-14)15(17)3-2-8-16/h4-7,9-10H,2-3H2,1H3. The summed E-state index contributed by atoms with van der Waals surface area (Å²) in [6, 6.07) is 13.3. The summed E-state index contributed by atoms with van der Waals surface area (Å²) in [5.41, 5.74) is 0.655. The van der Waals surface area contributed by atoms with Crippen molar-refractivity contribution in [2.75, 3.05) is 7.11 Å². The molecular formula is C15H13NO2. The molecule has 0 radical (unpaired) electrons. The third kappa shape index (κ3) is 2.49. The van der Waals surface area contributed by atoms with Crippen molar-refractivity contribution in [3.8, 4) is 11.8 Å². The Morgan fingerprint density at radius 1 is 1.22 bits per heavy atom. The van der Waals surface area contributed by atoms with Crippen LogP contribution in [-0.2, 0) is 0 Å². The number of methoxy groups -OCH3 is 1. The van der Waals surface area contributed by atoms with Gasteiger partial charge in [0.05, 0.1) is 13.2 Å². The fraction of sp³-hybridized carbons (Fsp3) is 0.200. The van der Waals surface area contributed by atoms with Crippen LogP contribution in [0.4, 0.5) is 0 Å². The Kier molecular flexibility index (Phi) is 3.59. The topological polar surface area (TPSA) is 50.1 Å². The van der Waals surface area contributed by atoms with E-state index in [4.69, 9.17) is 10.00 Å². The van der Waals surface area contributed by atoms with Crippen molar-refractivity contribution in [1.29, 1.82) is 5.26 Å². The van der Waals surface area contributed by atoms with Crippen LogP contribution in [0, 0.1) is 11.3 Å². The normalized spacial score (nSPS) is 10.0. The number of hydrogen-bond donors (Lipinski definition) is 0. The molecule has 2 aromatic carbocycles. The van der Waals surface area contributed by atoms with E-state index in [-0.39, 0.29) is 18.6 Å². The molecule has 0 aliphatic carbocycles. The minimum absolute atomic E-state index is 0.00858. The smallest absolute Gasteiger partial charge is 0.163 e. The van der Waals surface area contributed by atoms with Crippen LogP contribution in [0.15, 0.2) is 36.4 Å². The molecule has 0 spiro atoms. The number of nitriles is 1. The van der Waals surface area contributed by atoms with Gasteiger partial charge in [-0.2, -0.15) is 5.26 Å². The van der Waals surface area contributed by atoms with Crippen molar-refractivity contribution < 1.29 is 9.53 Å². The van der Waals surface area contributed by atoms with Gasteiger partial charge in [0.25, 0.3) is 0 Å². The van der Waals surface area contributed by atoms with Crippen LogP contribution < -0.4 is 4.74 Å². The van der Waals surface area contributed by atoms with E-state index in [0.29, 0.717) is 5.56 Å². The Hall–Kier alpha value is -2.34. The molecule has 0 aromatic heterocycles. The number of ketones is 1. The van der Waals surface area contributed by atoms with E-state index < -0.39 is 0 Å². The molecule has 0 unspecified atom stereocenters. The molecule has 0 N–H and O–H groups in total. The monoisotopic (exact) mass is 239 g/mol. The number of hydrogen-bond acceptors (Lipinski definition) is 3. The quantitative estimate of drug-likeness (QED) is 0.769. The number of carbonyl (C=O) groups is 1. The van der Waals surface area contributed by atoms with Crippen LogP contribution in [0.3, 0.4) is 0 Å². The third-order valence-corrected chi connectivity index (χ3v) is 2.83. The van der Waals surface area contributed by atoms with Crippen molar-refractivity contribution in [1.82, 2.24) is 0 Å². The minimum atomic E-state index is 0.00858. The van der Waals surface area contributed by atoms with E-state index in [2.05, 4.69) is 0 Å². The highest BCUT2D eigenvalue weighted by Crippen LogP contribution is 2.22. The molecule has 0 atom stereocenters. The summed E-state index contributed by atoms with van der Waals surface area (Å²) in [5.74, 6) is 0.806. The average Bonchev–Trinajstić information content (AvgIpc) is 2.43. The number of benzene rings is 2. The van der Waals surface area contributed by atoms with Crippen molar-refractivity contribution in [3.05, 3.63) is 42.0 Å². The van der Waals surface area contributed by atoms with Gasteiger partial charge < -0.3 is 4.74 Å². The fourth-order valence-corrected chi connectivity index (χ4v) is 1.84. The molecular weight excluding hydrogens is 226 g/mol. The molecule has 3 heteroatoms. The maximum atomic E-state index is 11.8. The lowest BCUT2D eigenvalue weighted by atomic mass is 10.0. The molecule has 0 heterocycles. The summed E-state index contributed by atoms with van der Waals surface area (Å²) in [6.07, 6.45) is 0.539. The van der Waals surface area contributed by atoms with E-state index >= 15 is 0 Å². The zero-order valence-electron chi connectivity index (χ0n) is 10.1. The maximum Gasteiger partial charge on any atom is 0.163 e. The zero-order valence-corrected chi connectivity index (χ0v) is 10.1. The van der Waals surface area contributed by atoms with E-state index in [1.165, 1.54) is 0 Å². The Morgan fingerprint density at radius 2 is 1.94 bits per heavy atom. The largest absolute Gasteiger partial charge is 0.497 e. The number of Topliss-reactive ketones (excluding diaryl/α,β-unsaturated/α-hetero) is 1. The van der Waals surface area contributed by atoms with Crippen LogP contribution in [0.25, 0.3) is 10.8 Å². The van der Waals surface area contributed by atoms with Crippen molar-refractivity contribution in [3.63, 3.8) is 0 Å². The Labute approximate surface area is 106 Å². The molecule has 0 amide bonds. The first kappa shape index (κ1) is 12.1. The second-order valence-corrected chi connectivity index (χ2v) is 4.01. The number of rotatable bonds is 4. The summed E-state index contributed by atoms with van der Waals surface area (Å²) in [7, 11) is 1.63. The van der Waals surface area contributed by atoms with Gasteiger partial charge in [0.15, 0.2) is 5.78 Å². The Bertz CT molecular complexity index is 626. The minimum Gasteiger partial charge on any atom is -0.497 e. The number of nitrogens with zero attached hydrogens (tertiary/aromatic N) is 1. The molecule has 0 aliphatic heterocycles. The van der Waals surface area contributed by atoms with Crippen LogP contribution >= 0.6 is 0 Å². The number of carbonyl (C=O) groups excluding carboxylic acids is 1. The van der Waals surface area contributed by atoms with E-state index in [1.807, 2.05) is 36.4 Å². The lowest BCUT2D eigenvalue weighted by Gasteiger charge is -2.04. The van der Waals surface area contributed by atoms with Gasteiger partial charge >= 0.3 is 0 Å². The summed E-state index contributed by atoms with van der Waals surface area (Å²) >= 11 is 0. The van der Waals surface area contributed by atoms with E-state index in [9.17, 15) is 4.79 Å². The Morgan fingerprint density at radius 3 is 2.67 bits per heavy atom. The molecule has 0 fully saturated rings. The zero-order chi connectivity index (χ0) is 13.0. The van der Waals surface area contributed by atoms with Gasteiger partial charge in [0.1, 0.15) is 5.75 Å². The molecule has 2 aromatic rings. The third-order valence-electron chi connectivity index (χ3n) is 2.83. The summed E-state index contributed by atoms with van der Waals surface area (Å²) < 4.78 is 5.15. The SMILES string of the molecule is COc1ccc2cc(C(=O)CCC#N)ccc2c1. The highest BCUT2D eigenvalue weighted by molar-refractivity contribution is 6.00. The highest BCUT2D eigenvalue weighted by atomic mass is 16.5. The Balaban J connectivity index is 2.33. The van der Waals surface area contributed by atoms with Gasteiger partial charge in [-0.05, 0) is 29.0 Å². The summed E-state index contributed by atoms with van der Waals surface area (Å²) in [4.78, 5) is 11.8. The van der Waals surface area contributed by atoms with Crippen molar-refractivity contribution >= 4 is 16.6 Å². The van der Waals surface area contributed by atoms with Crippen LogP contribution in [0.1, 0.15) is 23.2 Å². The second kappa shape index (κ2) is 5.33. The van der Waals surface area contributed by atoms with Gasteiger partial charge in [-0.15, -0.1) is 0 Å². The lowest BCUT2D eigenvalue weighted by molar-refractivity contribution is 0.0984. The molecule has 3 nitrogen and oxygen atoms in total. The summed E-state index contributed by atoms with van der Waals surface area (Å²) in [6.45, 7) is 0. The van der Waals surface area contributed by atoms with Gasteiger partial charge in [-0.25, -0.2) is 0 Å². The highest BCUT2D eigenvalue weighted by Gasteiger charge is 2.06. The van der Waals surface area contributed by atoms with Crippen LogP contribution in [0.2, 0.25) is 0 Å². The number of ether oxygens (including phenoxy) is 1. The van der Waals surface area contributed by atoms with Crippen molar-refractivity contribution in [2.45, 2.75) is 12.8 Å². The first-order valence-electron chi connectivity index (χ1n) is 5.72. The van der Waals surface area contributed by atoms with Gasteiger partial charge in [0.2, 0.25) is 0 Å². The molecule has 0 saturated carbocycles. The van der Waals surface area contributed by atoms with E-state index in [0.717, 1.165) is 16.5 Å². The predicted octanol–water partition coefficient (Wildman–Crippen LogP) is 3.33. The molecule has 2 rings (SSSR count). The first-order chi connectivity index (χ1) is 8.74.